The van der Waals surface area contributed by atoms with Crippen molar-refractivity contribution in [1.82, 2.24) is 0 Å². The first kappa shape index (κ1) is 12.3. The average Bonchev–Trinajstić information content (AvgIpc) is 2.83. The van der Waals surface area contributed by atoms with E-state index in [0.717, 1.165) is 26.8 Å². The van der Waals surface area contributed by atoms with E-state index in [2.05, 4.69) is 22.9 Å². The van der Waals surface area contributed by atoms with Gasteiger partial charge in [-0.1, -0.05) is 39.7 Å². The van der Waals surface area contributed by atoms with Gasteiger partial charge < -0.3 is 9.15 Å². The zero-order valence-corrected chi connectivity index (χ0v) is 12.1. The number of hydrogen-bond acceptors (Lipinski definition) is 2. The Labute approximate surface area is 120 Å². The van der Waals surface area contributed by atoms with Gasteiger partial charge in [0.1, 0.15) is 17.9 Å². The first-order valence-corrected chi connectivity index (χ1v) is 6.87. The second kappa shape index (κ2) is 5.10. The van der Waals surface area contributed by atoms with E-state index in [0.29, 0.717) is 6.61 Å². The normalized spacial score (nSPS) is 10.8. The van der Waals surface area contributed by atoms with Gasteiger partial charge in [-0.3, -0.25) is 0 Å². The Balaban J connectivity index is 1.84. The predicted molar refractivity (Wildman–Crippen MR) is 79.4 cm³/mol. The average molecular weight is 317 g/mol. The Morgan fingerprint density at radius 1 is 1.11 bits per heavy atom. The summed E-state index contributed by atoms with van der Waals surface area (Å²) >= 11 is 3.55. The van der Waals surface area contributed by atoms with Crippen LogP contribution in [0.15, 0.2) is 57.6 Å². The number of halogens is 1. The molecule has 0 spiro atoms. The van der Waals surface area contributed by atoms with E-state index in [4.69, 9.17) is 9.15 Å². The molecule has 0 amide bonds. The third-order valence-corrected chi connectivity index (χ3v) is 3.70. The van der Waals surface area contributed by atoms with E-state index in [-0.39, 0.29) is 0 Å². The number of furan rings is 1. The van der Waals surface area contributed by atoms with Crippen LogP contribution in [0.3, 0.4) is 0 Å². The number of ether oxygens (including phenoxy) is 1. The summed E-state index contributed by atoms with van der Waals surface area (Å²) < 4.78 is 12.3. The maximum Gasteiger partial charge on any atom is 0.135 e. The van der Waals surface area contributed by atoms with Crippen molar-refractivity contribution in [1.29, 1.82) is 0 Å². The zero-order chi connectivity index (χ0) is 13.2. The van der Waals surface area contributed by atoms with Crippen molar-refractivity contribution in [3.8, 4) is 5.75 Å². The van der Waals surface area contributed by atoms with Gasteiger partial charge in [-0.15, -0.1) is 0 Å². The van der Waals surface area contributed by atoms with Gasteiger partial charge in [0.05, 0.1) is 6.26 Å². The third-order valence-electron chi connectivity index (χ3n) is 3.04. The molecule has 0 radical (unpaired) electrons. The third kappa shape index (κ3) is 2.51. The maximum absolute atomic E-state index is 5.79. The molecule has 0 unspecified atom stereocenters. The fourth-order valence-corrected chi connectivity index (χ4v) is 2.61. The van der Waals surface area contributed by atoms with E-state index in [1.165, 1.54) is 5.56 Å². The number of benzene rings is 2. The van der Waals surface area contributed by atoms with Crippen molar-refractivity contribution in [3.63, 3.8) is 0 Å². The molecule has 0 saturated carbocycles. The lowest BCUT2D eigenvalue weighted by Crippen LogP contribution is -1.94. The summed E-state index contributed by atoms with van der Waals surface area (Å²) in [5.41, 5.74) is 3.14. The highest BCUT2D eigenvalue weighted by Crippen LogP contribution is 2.29. The van der Waals surface area contributed by atoms with Crippen LogP contribution in [0, 0.1) is 6.92 Å². The standard InChI is InChI=1S/C16H13BrO2/c1-11-5-7-13(8-6-11)18-9-12-10-19-15-4-2-3-14(17)16(12)15/h2-8,10H,9H2,1H3. The fourth-order valence-electron chi connectivity index (χ4n) is 2.01. The SMILES string of the molecule is Cc1ccc(OCc2coc3cccc(Br)c23)cc1. The van der Waals surface area contributed by atoms with Crippen LogP contribution in [0.2, 0.25) is 0 Å². The van der Waals surface area contributed by atoms with Crippen molar-refractivity contribution in [2.45, 2.75) is 13.5 Å². The molecule has 3 heteroatoms. The molecule has 0 aliphatic carbocycles. The summed E-state index contributed by atoms with van der Waals surface area (Å²) in [6.45, 7) is 2.56. The van der Waals surface area contributed by atoms with Crippen LogP contribution < -0.4 is 4.74 Å². The lowest BCUT2D eigenvalue weighted by molar-refractivity contribution is 0.306. The zero-order valence-electron chi connectivity index (χ0n) is 10.5. The van der Waals surface area contributed by atoms with Gasteiger partial charge in [0.2, 0.25) is 0 Å². The molecular formula is C16H13BrO2. The van der Waals surface area contributed by atoms with Crippen LogP contribution in [0.25, 0.3) is 11.0 Å². The Bertz CT molecular complexity index is 698. The van der Waals surface area contributed by atoms with E-state index < -0.39 is 0 Å². The largest absolute Gasteiger partial charge is 0.489 e. The molecule has 19 heavy (non-hydrogen) atoms. The molecule has 0 atom stereocenters. The number of aryl methyl sites for hydroxylation is 1. The minimum absolute atomic E-state index is 0.499. The minimum atomic E-state index is 0.499. The van der Waals surface area contributed by atoms with E-state index in [9.17, 15) is 0 Å². The molecule has 96 valence electrons. The molecule has 0 saturated heterocycles. The molecule has 1 aromatic heterocycles. The van der Waals surface area contributed by atoms with Crippen molar-refractivity contribution >= 4 is 26.9 Å². The summed E-state index contributed by atoms with van der Waals surface area (Å²) in [4.78, 5) is 0. The topological polar surface area (TPSA) is 22.4 Å². The fraction of sp³-hybridized carbons (Fsp3) is 0.125. The monoisotopic (exact) mass is 316 g/mol. The molecule has 3 aromatic rings. The summed E-state index contributed by atoms with van der Waals surface area (Å²) in [5.74, 6) is 0.868. The number of fused-ring (bicyclic) bond motifs is 1. The van der Waals surface area contributed by atoms with Crippen LogP contribution in [0.5, 0.6) is 5.75 Å². The van der Waals surface area contributed by atoms with E-state index in [1.54, 1.807) is 6.26 Å². The summed E-state index contributed by atoms with van der Waals surface area (Å²) in [7, 11) is 0. The Morgan fingerprint density at radius 2 is 1.89 bits per heavy atom. The molecule has 2 aromatic carbocycles. The number of rotatable bonds is 3. The summed E-state index contributed by atoms with van der Waals surface area (Å²) in [6.07, 6.45) is 1.75. The van der Waals surface area contributed by atoms with Crippen LogP contribution in [0.1, 0.15) is 11.1 Å². The highest BCUT2D eigenvalue weighted by molar-refractivity contribution is 9.10. The van der Waals surface area contributed by atoms with Crippen molar-refractivity contribution in [2.75, 3.05) is 0 Å². The van der Waals surface area contributed by atoms with Crippen molar-refractivity contribution in [2.24, 2.45) is 0 Å². The maximum atomic E-state index is 5.79. The van der Waals surface area contributed by atoms with Gasteiger partial charge in [-0.05, 0) is 31.2 Å². The lowest BCUT2D eigenvalue weighted by atomic mass is 10.2. The molecule has 2 nitrogen and oxygen atoms in total. The van der Waals surface area contributed by atoms with Gasteiger partial charge >= 0.3 is 0 Å². The summed E-state index contributed by atoms with van der Waals surface area (Å²) in [6, 6.07) is 14.0. The first-order chi connectivity index (χ1) is 9.24. The second-order valence-corrected chi connectivity index (χ2v) is 5.33. The van der Waals surface area contributed by atoms with Gasteiger partial charge in [-0.2, -0.15) is 0 Å². The smallest absolute Gasteiger partial charge is 0.135 e. The molecule has 0 fully saturated rings. The Kier molecular flexibility index (Phi) is 3.30. The first-order valence-electron chi connectivity index (χ1n) is 6.08. The Morgan fingerprint density at radius 3 is 2.68 bits per heavy atom. The van der Waals surface area contributed by atoms with Crippen LogP contribution in [0.4, 0.5) is 0 Å². The van der Waals surface area contributed by atoms with Crippen molar-refractivity contribution < 1.29 is 9.15 Å². The van der Waals surface area contributed by atoms with Crippen LogP contribution >= 0.6 is 15.9 Å². The van der Waals surface area contributed by atoms with Crippen LogP contribution in [-0.2, 0) is 6.61 Å². The molecule has 0 bridgehead atoms. The highest BCUT2D eigenvalue weighted by Gasteiger charge is 2.09. The van der Waals surface area contributed by atoms with Crippen molar-refractivity contribution in [3.05, 3.63) is 64.3 Å². The summed E-state index contributed by atoms with van der Waals surface area (Å²) in [5, 5.41) is 1.08. The molecule has 1 heterocycles. The highest BCUT2D eigenvalue weighted by atomic mass is 79.9. The minimum Gasteiger partial charge on any atom is -0.489 e. The van der Waals surface area contributed by atoms with Gasteiger partial charge in [-0.25, -0.2) is 0 Å². The van der Waals surface area contributed by atoms with E-state index >= 15 is 0 Å². The second-order valence-electron chi connectivity index (χ2n) is 4.48. The molecular weight excluding hydrogens is 304 g/mol. The van der Waals surface area contributed by atoms with Crippen LogP contribution in [-0.4, -0.2) is 0 Å². The van der Waals surface area contributed by atoms with Gasteiger partial charge in [0.25, 0.3) is 0 Å². The van der Waals surface area contributed by atoms with Gasteiger partial charge in [0.15, 0.2) is 0 Å². The molecule has 3 rings (SSSR count). The molecule has 0 aliphatic heterocycles. The lowest BCUT2D eigenvalue weighted by Gasteiger charge is -2.05. The molecule has 0 N–H and O–H groups in total. The Hall–Kier alpha value is -1.74. The number of hydrogen-bond donors (Lipinski definition) is 0. The predicted octanol–water partition coefficient (Wildman–Crippen LogP) is 5.08. The quantitative estimate of drug-likeness (QED) is 0.672. The van der Waals surface area contributed by atoms with Gasteiger partial charge in [0, 0.05) is 15.4 Å². The van der Waals surface area contributed by atoms with E-state index in [1.807, 2.05) is 42.5 Å². The molecule has 0 aliphatic rings.